The third kappa shape index (κ3) is 6.38. The van der Waals surface area contributed by atoms with Crippen molar-refractivity contribution in [1.82, 2.24) is 15.6 Å². The van der Waals surface area contributed by atoms with Crippen molar-refractivity contribution in [1.29, 1.82) is 0 Å². The molecule has 138 valence electrons. The summed E-state index contributed by atoms with van der Waals surface area (Å²) in [5.41, 5.74) is -0.835. The van der Waals surface area contributed by atoms with Gasteiger partial charge < -0.3 is 10.6 Å². The second-order valence-electron chi connectivity index (χ2n) is 5.95. The summed E-state index contributed by atoms with van der Waals surface area (Å²) in [6, 6.07) is 0. The van der Waals surface area contributed by atoms with E-state index in [1.165, 1.54) is 25.7 Å². The molecule has 9 heteroatoms. The monoisotopic (exact) mass is 476 g/mol. The molecule has 0 bridgehead atoms. The Morgan fingerprint density at radius 2 is 2.04 bits per heavy atom. The molecule has 1 heterocycles. The molecule has 1 aliphatic rings. The zero-order valence-corrected chi connectivity index (χ0v) is 17.0. The third-order valence-corrected chi connectivity index (χ3v) is 5.14. The van der Waals surface area contributed by atoms with Crippen molar-refractivity contribution in [2.24, 2.45) is 16.8 Å². The lowest BCUT2D eigenvalue weighted by molar-refractivity contribution is -0.140. The average Bonchev–Trinajstić information content (AvgIpc) is 2.98. The molecule has 24 heavy (non-hydrogen) atoms. The molecule has 0 aliphatic heterocycles. The molecule has 2 atom stereocenters. The number of alkyl halides is 3. The summed E-state index contributed by atoms with van der Waals surface area (Å²) in [4.78, 5) is 7.72. The van der Waals surface area contributed by atoms with Crippen LogP contribution in [0.5, 0.6) is 0 Å². The van der Waals surface area contributed by atoms with Crippen LogP contribution < -0.4 is 10.6 Å². The van der Waals surface area contributed by atoms with E-state index in [1.54, 1.807) is 7.05 Å². The van der Waals surface area contributed by atoms with Crippen molar-refractivity contribution in [2.75, 3.05) is 13.6 Å². The largest absolute Gasteiger partial charge is 0.434 e. The highest BCUT2D eigenvalue weighted by Gasteiger charge is 2.33. The molecule has 0 radical (unpaired) electrons. The Balaban J connectivity index is 0.00000288. The highest BCUT2D eigenvalue weighted by atomic mass is 127. The molecule has 0 saturated heterocycles. The van der Waals surface area contributed by atoms with Crippen LogP contribution in [0.1, 0.15) is 43.3 Å². The first-order valence-electron chi connectivity index (χ1n) is 7.86. The van der Waals surface area contributed by atoms with E-state index in [1.807, 2.05) is 0 Å². The van der Waals surface area contributed by atoms with Crippen LogP contribution in [0, 0.1) is 11.8 Å². The quantitative estimate of drug-likeness (QED) is 0.388. The first-order chi connectivity index (χ1) is 10.9. The average molecular weight is 476 g/mol. The standard InChI is InChI=1S/C15H23F3N4S.HI/c1-10-5-3-4-6-11(10)7-20-14(19-2)21-8-13-22-12(9-23-13)15(16,17)18;/h9-11H,3-8H2,1-2H3,(H2,19,20,21);1H. The number of rotatable bonds is 4. The maximum atomic E-state index is 12.5. The highest BCUT2D eigenvalue weighted by Crippen LogP contribution is 2.30. The van der Waals surface area contributed by atoms with E-state index in [2.05, 4.69) is 27.5 Å². The predicted octanol–water partition coefficient (Wildman–Crippen LogP) is 4.27. The molecule has 1 fully saturated rings. The fourth-order valence-electron chi connectivity index (χ4n) is 2.83. The predicted molar refractivity (Wildman–Crippen MR) is 102 cm³/mol. The van der Waals surface area contributed by atoms with Gasteiger partial charge >= 0.3 is 6.18 Å². The van der Waals surface area contributed by atoms with E-state index in [0.29, 0.717) is 22.8 Å². The van der Waals surface area contributed by atoms with Crippen LogP contribution in [-0.2, 0) is 12.7 Å². The first kappa shape index (κ1) is 21.5. The van der Waals surface area contributed by atoms with E-state index < -0.39 is 11.9 Å². The number of halogens is 4. The van der Waals surface area contributed by atoms with E-state index in [4.69, 9.17) is 0 Å². The summed E-state index contributed by atoms with van der Waals surface area (Å²) in [6.45, 7) is 3.35. The van der Waals surface area contributed by atoms with E-state index >= 15 is 0 Å². The maximum absolute atomic E-state index is 12.5. The number of nitrogens with zero attached hydrogens (tertiary/aromatic N) is 2. The Morgan fingerprint density at radius 1 is 1.33 bits per heavy atom. The molecular weight excluding hydrogens is 452 g/mol. The van der Waals surface area contributed by atoms with Gasteiger partial charge in [0.1, 0.15) is 5.01 Å². The minimum Gasteiger partial charge on any atom is -0.356 e. The number of hydrogen-bond acceptors (Lipinski definition) is 3. The number of aliphatic imine (C=N–C) groups is 1. The molecule has 0 aromatic carbocycles. The van der Waals surface area contributed by atoms with Gasteiger partial charge in [-0.2, -0.15) is 13.2 Å². The fourth-order valence-corrected chi connectivity index (χ4v) is 3.57. The fraction of sp³-hybridized carbons (Fsp3) is 0.733. The lowest BCUT2D eigenvalue weighted by atomic mass is 9.80. The van der Waals surface area contributed by atoms with E-state index in [0.717, 1.165) is 23.3 Å². The zero-order valence-electron chi connectivity index (χ0n) is 13.8. The summed E-state index contributed by atoms with van der Waals surface area (Å²) in [6.07, 6.45) is 0.661. The Kier molecular flexibility index (Phi) is 8.75. The summed E-state index contributed by atoms with van der Waals surface area (Å²) in [5, 5.41) is 7.73. The van der Waals surface area contributed by atoms with Crippen molar-refractivity contribution in [3.63, 3.8) is 0 Å². The maximum Gasteiger partial charge on any atom is 0.434 e. The van der Waals surface area contributed by atoms with Gasteiger partial charge in [0.05, 0.1) is 6.54 Å². The molecular formula is C15H24F3IN4S. The Morgan fingerprint density at radius 3 is 2.62 bits per heavy atom. The van der Waals surface area contributed by atoms with Crippen LogP contribution in [-0.4, -0.2) is 24.5 Å². The van der Waals surface area contributed by atoms with Crippen LogP contribution in [0.3, 0.4) is 0 Å². The molecule has 2 rings (SSSR count). The van der Waals surface area contributed by atoms with Gasteiger partial charge in [0.2, 0.25) is 0 Å². The number of nitrogens with one attached hydrogen (secondary N) is 2. The molecule has 2 unspecified atom stereocenters. The smallest absolute Gasteiger partial charge is 0.356 e. The van der Waals surface area contributed by atoms with Crippen LogP contribution in [0.25, 0.3) is 0 Å². The molecule has 1 saturated carbocycles. The van der Waals surface area contributed by atoms with Crippen LogP contribution >= 0.6 is 35.3 Å². The summed E-state index contributed by atoms with van der Waals surface area (Å²) < 4.78 is 37.6. The van der Waals surface area contributed by atoms with Crippen LogP contribution in [0.15, 0.2) is 10.4 Å². The Labute approximate surface area is 161 Å². The number of thiazole rings is 1. The minimum atomic E-state index is -4.38. The van der Waals surface area contributed by atoms with Gasteiger partial charge in [-0.05, 0) is 18.3 Å². The molecule has 4 nitrogen and oxygen atoms in total. The van der Waals surface area contributed by atoms with Crippen LogP contribution in [0.2, 0.25) is 0 Å². The van der Waals surface area contributed by atoms with E-state index in [9.17, 15) is 13.2 Å². The van der Waals surface area contributed by atoms with Gasteiger partial charge in [-0.1, -0.05) is 26.2 Å². The minimum absolute atomic E-state index is 0. The van der Waals surface area contributed by atoms with Gasteiger partial charge in [0, 0.05) is 19.0 Å². The molecule has 1 aliphatic carbocycles. The number of hydrogen-bond donors (Lipinski definition) is 2. The Bertz CT molecular complexity index is 533. The van der Waals surface area contributed by atoms with Gasteiger partial charge in [-0.3, -0.25) is 4.99 Å². The Hall–Kier alpha value is -0.580. The zero-order chi connectivity index (χ0) is 16.9. The lowest BCUT2D eigenvalue weighted by Gasteiger charge is -2.29. The highest BCUT2D eigenvalue weighted by molar-refractivity contribution is 14.0. The topological polar surface area (TPSA) is 49.3 Å². The second-order valence-corrected chi connectivity index (χ2v) is 6.90. The number of aromatic nitrogens is 1. The molecule has 2 N–H and O–H groups in total. The summed E-state index contributed by atoms with van der Waals surface area (Å²) in [5.74, 6) is 1.92. The van der Waals surface area contributed by atoms with Gasteiger partial charge in [0.15, 0.2) is 11.7 Å². The lowest BCUT2D eigenvalue weighted by Crippen LogP contribution is -2.41. The normalized spacial score (nSPS) is 22.0. The summed E-state index contributed by atoms with van der Waals surface area (Å²) in [7, 11) is 1.66. The van der Waals surface area contributed by atoms with Gasteiger partial charge in [-0.25, -0.2) is 4.98 Å². The van der Waals surface area contributed by atoms with Crippen LogP contribution in [0.4, 0.5) is 13.2 Å². The number of guanidine groups is 1. The van der Waals surface area contributed by atoms with Crippen molar-refractivity contribution < 1.29 is 13.2 Å². The van der Waals surface area contributed by atoms with Gasteiger partial charge in [-0.15, -0.1) is 35.3 Å². The molecule has 0 spiro atoms. The summed E-state index contributed by atoms with van der Waals surface area (Å²) >= 11 is 0.999. The molecule has 1 aromatic rings. The third-order valence-electron chi connectivity index (χ3n) is 4.29. The van der Waals surface area contributed by atoms with Crippen molar-refractivity contribution in [3.05, 3.63) is 16.1 Å². The second kappa shape index (κ2) is 9.79. The molecule has 0 amide bonds. The van der Waals surface area contributed by atoms with Gasteiger partial charge in [0.25, 0.3) is 0 Å². The molecule has 1 aromatic heterocycles. The van der Waals surface area contributed by atoms with E-state index in [-0.39, 0.29) is 30.5 Å². The SMILES string of the molecule is CN=C(NCc1nc(C(F)(F)F)cs1)NCC1CCCCC1C.I. The van der Waals surface area contributed by atoms with Crippen molar-refractivity contribution in [3.8, 4) is 0 Å². The van der Waals surface area contributed by atoms with Crippen molar-refractivity contribution >= 4 is 41.3 Å². The first-order valence-corrected chi connectivity index (χ1v) is 8.74. The van der Waals surface area contributed by atoms with Crippen molar-refractivity contribution in [2.45, 2.75) is 45.3 Å².